The molecule has 0 saturated carbocycles. The summed E-state index contributed by atoms with van der Waals surface area (Å²) in [5, 5.41) is 6.96. The SMILES string of the molecule is FC(F)(F)COc1ccccc1Oc1ncnc2[nH]ncc12. The van der Waals surface area contributed by atoms with E-state index < -0.39 is 12.8 Å². The standard InChI is InChI=1S/C13H9F3N4O2/c14-13(15,16)6-21-9-3-1-2-4-10(9)22-12-8-5-19-20-11(8)17-7-18-12/h1-5,7H,6H2,(H,17,18,19,20). The Balaban J connectivity index is 1.88. The van der Waals surface area contributed by atoms with Gasteiger partial charge in [0, 0.05) is 0 Å². The molecule has 1 N–H and O–H groups in total. The summed E-state index contributed by atoms with van der Waals surface area (Å²) in [4.78, 5) is 7.90. The fraction of sp³-hybridized carbons (Fsp3) is 0.154. The molecule has 0 bridgehead atoms. The van der Waals surface area contributed by atoms with Crippen molar-refractivity contribution in [1.82, 2.24) is 20.2 Å². The monoisotopic (exact) mass is 310 g/mol. The Morgan fingerprint density at radius 3 is 2.64 bits per heavy atom. The van der Waals surface area contributed by atoms with Crippen molar-refractivity contribution in [3.8, 4) is 17.4 Å². The van der Waals surface area contributed by atoms with Gasteiger partial charge >= 0.3 is 6.18 Å². The summed E-state index contributed by atoms with van der Waals surface area (Å²) in [6.45, 7) is -1.40. The fourth-order valence-corrected chi connectivity index (χ4v) is 1.74. The maximum atomic E-state index is 12.3. The first kappa shape index (κ1) is 14.1. The number of alkyl halides is 3. The first-order valence-corrected chi connectivity index (χ1v) is 6.13. The minimum absolute atomic E-state index is 0.0323. The Hall–Kier alpha value is -2.84. The van der Waals surface area contributed by atoms with Crippen molar-refractivity contribution in [1.29, 1.82) is 0 Å². The lowest BCUT2D eigenvalue weighted by atomic mass is 10.3. The van der Waals surface area contributed by atoms with E-state index in [4.69, 9.17) is 9.47 Å². The van der Waals surface area contributed by atoms with E-state index in [9.17, 15) is 13.2 Å². The van der Waals surface area contributed by atoms with Gasteiger partial charge in [0.15, 0.2) is 23.8 Å². The zero-order valence-electron chi connectivity index (χ0n) is 11.0. The molecular weight excluding hydrogens is 301 g/mol. The summed E-state index contributed by atoms with van der Waals surface area (Å²) in [7, 11) is 0. The maximum absolute atomic E-state index is 12.3. The van der Waals surface area contributed by atoms with E-state index in [2.05, 4.69) is 20.2 Å². The Bertz CT molecular complexity index is 788. The summed E-state index contributed by atoms with van der Waals surface area (Å²) in [5.74, 6) is 0.254. The summed E-state index contributed by atoms with van der Waals surface area (Å²) in [6.07, 6.45) is -1.71. The van der Waals surface area contributed by atoms with Crippen LogP contribution < -0.4 is 9.47 Å². The van der Waals surface area contributed by atoms with Gasteiger partial charge in [0.2, 0.25) is 5.88 Å². The lowest BCUT2D eigenvalue weighted by molar-refractivity contribution is -0.153. The van der Waals surface area contributed by atoms with E-state index in [1.807, 2.05) is 0 Å². The van der Waals surface area contributed by atoms with Crippen LogP contribution in [0, 0.1) is 0 Å². The van der Waals surface area contributed by atoms with Crippen LogP contribution in [0.1, 0.15) is 0 Å². The lowest BCUT2D eigenvalue weighted by Crippen LogP contribution is -2.19. The Labute approximate surface area is 121 Å². The number of fused-ring (bicyclic) bond motifs is 1. The molecule has 0 aliphatic rings. The second-order valence-electron chi connectivity index (χ2n) is 4.26. The second-order valence-corrected chi connectivity index (χ2v) is 4.26. The first-order chi connectivity index (χ1) is 10.5. The third-order valence-corrected chi connectivity index (χ3v) is 2.66. The summed E-state index contributed by atoms with van der Waals surface area (Å²) < 4.78 is 47.1. The molecule has 0 spiro atoms. The van der Waals surface area contributed by atoms with E-state index >= 15 is 0 Å². The van der Waals surface area contributed by atoms with Gasteiger partial charge in [0.1, 0.15) is 11.7 Å². The molecule has 0 unspecified atom stereocenters. The molecule has 3 aromatic rings. The summed E-state index contributed by atoms with van der Waals surface area (Å²) >= 11 is 0. The lowest BCUT2D eigenvalue weighted by Gasteiger charge is -2.13. The molecule has 0 saturated heterocycles. The number of hydrogen-bond donors (Lipinski definition) is 1. The van der Waals surface area contributed by atoms with Crippen LogP contribution in [0.15, 0.2) is 36.8 Å². The van der Waals surface area contributed by atoms with Crippen molar-refractivity contribution >= 4 is 11.0 Å². The van der Waals surface area contributed by atoms with Gasteiger partial charge in [-0.15, -0.1) is 0 Å². The van der Waals surface area contributed by atoms with Crippen molar-refractivity contribution in [2.45, 2.75) is 6.18 Å². The third-order valence-electron chi connectivity index (χ3n) is 2.66. The van der Waals surface area contributed by atoms with Crippen LogP contribution in [0.2, 0.25) is 0 Å². The second kappa shape index (κ2) is 5.51. The largest absolute Gasteiger partial charge is 0.480 e. The zero-order valence-corrected chi connectivity index (χ0v) is 11.0. The van der Waals surface area contributed by atoms with Gasteiger partial charge in [-0.25, -0.2) is 9.97 Å². The number of hydrogen-bond acceptors (Lipinski definition) is 5. The van der Waals surface area contributed by atoms with E-state index in [1.165, 1.54) is 24.7 Å². The Morgan fingerprint density at radius 2 is 1.86 bits per heavy atom. The number of benzene rings is 1. The highest BCUT2D eigenvalue weighted by Gasteiger charge is 2.29. The van der Waals surface area contributed by atoms with Crippen molar-refractivity contribution < 1.29 is 22.6 Å². The fourth-order valence-electron chi connectivity index (χ4n) is 1.74. The molecule has 1 aromatic carbocycles. The average molecular weight is 310 g/mol. The van der Waals surface area contributed by atoms with Crippen molar-refractivity contribution in [3.63, 3.8) is 0 Å². The molecule has 0 aliphatic heterocycles. The van der Waals surface area contributed by atoms with Gasteiger partial charge in [-0.3, -0.25) is 5.10 Å². The van der Waals surface area contributed by atoms with E-state index in [-0.39, 0.29) is 17.4 Å². The van der Waals surface area contributed by atoms with Crippen LogP contribution in [0.3, 0.4) is 0 Å². The number of H-pyrrole nitrogens is 1. The van der Waals surface area contributed by atoms with Crippen LogP contribution >= 0.6 is 0 Å². The minimum Gasteiger partial charge on any atom is -0.480 e. The number of rotatable bonds is 4. The predicted molar refractivity (Wildman–Crippen MR) is 69.7 cm³/mol. The van der Waals surface area contributed by atoms with Crippen LogP contribution in [0.25, 0.3) is 11.0 Å². The van der Waals surface area contributed by atoms with Gasteiger partial charge in [0.25, 0.3) is 0 Å². The van der Waals surface area contributed by atoms with Crippen LogP contribution in [-0.4, -0.2) is 32.9 Å². The van der Waals surface area contributed by atoms with Crippen LogP contribution in [-0.2, 0) is 0 Å². The zero-order chi connectivity index (χ0) is 15.6. The van der Waals surface area contributed by atoms with E-state index in [0.29, 0.717) is 11.0 Å². The molecular formula is C13H9F3N4O2. The molecule has 3 rings (SSSR count). The molecule has 2 heterocycles. The van der Waals surface area contributed by atoms with Crippen molar-refractivity contribution in [2.75, 3.05) is 6.61 Å². The highest BCUT2D eigenvalue weighted by Crippen LogP contribution is 2.33. The smallest absolute Gasteiger partial charge is 0.422 e. The quantitative estimate of drug-likeness (QED) is 0.801. The number of nitrogens with zero attached hydrogens (tertiary/aromatic N) is 3. The number of para-hydroxylation sites is 2. The first-order valence-electron chi connectivity index (χ1n) is 6.13. The molecule has 0 atom stereocenters. The summed E-state index contributed by atoms with van der Waals surface area (Å²) in [5.41, 5.74) is 0.457. The minimum atomic E-state index is -4.43. The molecule has 6 nitrogen and oxygen atoms in total. The highest BCUT2D eigenvalue weighted by molar-refractivity contribution is 5.79. The molecule has 0 aliphatic carbocycles. The number of nitrogens with one attached hydrogen (secondary N) is 1. The molecule has 0 fully saturated rings. The average Bonchev–Trinajstić information content (AvgIpc) is 2.95. The normalized spacial score (nSPS) is 11.6. The molecule has 0 amide bonds. The molecule has 22 heavy (non-hydrogen) atoms. The maximum Gasteiger partial charge on any atom is 0.422 e. The highest BCUT2D eigenvalue weighted by atomic mass is 19.4. The number of ether oxygens (including phenoxy) is 2. The Kier molecular flexibility index (Phi) is 3.53. The van der Waals surface area contributed by atoms with Gasteiger partial charge < -0.3 is 9.47 Å². The summed E-state index contributed by atoms with van der Waals surface area (Å²) in [6, 6.07) is 6.03. The van der Waals surface area contributed by atoms with E-state index in [1.54, 1.807) is 12.1 Å². The third kappa shape index (κ3) is 3.08. The Morgan fingerprint density at radius 1 is 1.09 bits per heavy atom. The van der Waals surface area contributed by atoms with Crippen molar-refractivity contribution in [3.05, 3.63) is 36.8 Å². The van der Waals surface area contributed by atoms with Crippen molar-refractivity contribution in [2.24, 2.45) is 0 Å². The topological polar surface area (TPSA) is 72.9 Å². The molecule has 2 aromatic heterocycles. The predicted octanol–water partition coefficient (Wildman–Crippen LogP) is 3.09. The number of aromatic nitrogens is 4. The van der Waals surface area contributed by atoms with Gasteiger partial charge in [0.05, 0.1) is 6.20 Å². The van der Waals surface area contributed by atoms with E-state index in [0.717, 1.165) is 0 Å². The van der Waals surface area contributed by atoms with Gasteiger partial charge in [-0.1, -0.05) is 12.1 Å². The van der Waals surface area contributed by atoms with Crippen LogP contribution in [0.4, 0.5) is 13.2 Å². The molecule has 0 radical (unpaired) electrons. The van der Waals surface area contributed by atoms with Crippen LogP contribution in [0.5, 0.6) is 17.4 Å². The number of halogens is 3. The van der Waals surface area contributed by atoms with Gasteiger partial charge in [-0.2, -0.15) is 18.3 Å². The number of aromatic amines is 1. The molecule has 9 heteroatoms. The van der Waals surface area contributed by atoms with Gasteiger partial charge in [-0.05, 0) is 12.1 Å². The molecule has 114 valence electrons.